The van der Waals surface area contributed by atoms with Crippen LogP contribution in [-0.2, 0) is 19.4 Å². The molecule has 0 aliphatic carbocycles. The second kappa shape index (κ2) is 7.88. The van der Waals surface area contributed by atoms with Gasteiger partial charge in [-0.15, -0.1) is 6.58 Å². The topological polar surface area (TPSA) is 36.3 Å². The maximum Gasteiger partial charge on any atom is 0.161 e. The minimum absolute atomic E-state index is 0.560. The molecule has 1 aromatic heterocycles. The quantitative estimate of drug-likeness (QED) is 0.572. The molecular weight excluding hydrogens is 312 g/mol. The number of fused-ring (bicyclic) bond motifs is 1. The molecule has 4 nitrogen and oxygen atoms in total. The highest BCUT2D eigenvalue weighted by atomic mass is 16.5. The van der Waals surface area contributed by atoms with Crippen LogP contribution in [0.3, 0.4) is 0 Å². The lowest BCUT2D eigenvalue weighted by Gasteiger charge is -2.13. The molecule has 0 aliphatic rings. The van der Waals surface area contributed by atoms with Crippen LogP contribution in [0.15, 0.2) is 55.1 Å². The zero-order valence-electron chi connectivity index (χ0n) is 14.9. The molecule has 3 aromatic rings. The maximum absolute atomic E-state index is 5.98. The van der Waals surface area contributed by atoms with Crippen LogP contribution in [0.5, 0.6) is 11.5 Å². The molecule has 0 aliphatic heterocycles. The van der Waals surface area contributed by atoms with Crippen molar-refractivity contribution >= 4 is 11.0 Å². The summed E-state index contributed by atoms with van der Waals surface area (Å²) in [5.41, 5.74) is 3.34. The van der Waals surface area contributed by atoms with E-state index in [1.807, 2.05) is 42.5 Å². The average molecular weight is 336 g/mol. The van der Waals surface area contributed by atoms with Crippen LogP contribution in [0.1, 0.15) is 18.3 Å². The fourth-order valence-electron chi connectivity index (χ4n) is 3.02. The number of para-hydroxylation sites is 2. The van der Waals surface area contributed by atoms with Crippen LogP contribution in [-0.4, -0.2) is 23.3 Å². The van der Waals surface area contributed by atoms with Crippen molar-refractivity contribution in [3.8, 4) is 11.5 Å². The lowest BCUT2D eigenvalue weighted by Crippen LogP contribution is -2.11. The molecule has 0 radical (unpaired) electrons. The van der Waals surface area contributed by atoms with E-state index in [9.17, 15) is 0 Å². The van der Waals surface area contributed by atoms with Crippen molar-refractivity contribution < 1.29 is 9.47 Å². The number of nitrogens with zero attached hydrogens (tertiary/aromatic N) is 2. The molecule has 130 valence electrons. The summed E-state index contributed by atoms with van der Waals surface area (Å²) in [5, 5.41) is 0. The molecule has 0 atom stereocenters. The Bertz CT molecular complexity index is 867. The van der Waals surface area contributed by atoms with Crippen molar-refractivity contribution in [2.24, 2.45) is 0 Å². The first-order valence-corrected chi connectivity index (χ1v) is 8.61. The normalized spacial score (nSPS) is 10.8. The summed E-state index contributed by atoms with van der Waals surface area (Å²) in [7, 11) is 1.67. The highest BCUT2D eigenvalue weighted by molar-refractivity contribution is 5.75. The summed E-state index contributed by atoms with van der Waals surface area (Å²) < 4.78 is 13.7. The predicted octanol–water partition coefficient (Wildman–Crippen LogP) is 4.41. The minimum Gasteiger partial charge on any atom is -0.493 e. The van der Waals surface area contributed by atoms with E-state index in [0.717, 1.165) is 53.3 Å². The number of imidazole rings is 1. The number of hydrogen-bond acceptors (Lipinski definition) is 3. The molecule has 1 heterocycles. The summed E-state index contributed by atoms with van der Waals surface area (Å²) in [4.78, 5) is 4.70. The van der Waals surface area contributed by atoms with Crippen molar-refractivity contribution in [2.45, 2.75) is 26.3 Å². The van der Waals surface area contributed by atoms with Crippen molar-refractivity contribution in [1.82, 2.24) is 9.55 Å². The molecule has 0 fully saturated rings. The van der Waals surface area contributed by atoms with Gasteiger partial charge in [0.2, 0.25) is 0 Å². The largest absolute Gasteiger partial charge is 0.493 e. The molecule has 0 amide bonds. The van der Waals surface area contributed by atoms with Gasteiger partial charge in [0, 0.05) is 6.42 Å². The van der Waals surface area contributed by atoms with Gasteiger partial charge in [-0.3, -0.25) is 0 Å². The first-order chi connectivity index (χ1) is 12.3. The van der Waals surface area contributed by atoms with Crippen LogP contribution in [0.4, 0.5) is 0 Å². The molecule has 0 unspecified atom stereocenters. The Kier molecular flexibility index (Phi) is 5.39. The maximum atomic E-state index is 5.98. The van der Waals surface area contributed by atoms with Gasteiger partial charge >= 0.3 is 0 Å². The summed E-state index contributed by atoms with van der Waals surface area (Å²) in [6.07, 6.45) is 3.59. The van der Waals surface area contributed by atoms with Crippen LogP contribution in [0.2, 0.25) is 0 Å². The van der Waals surface area contributed by atoms with Gasteiger partial charge in [0.25, 0.3) is 0 Å². The Morgan fingerprint density at radius 2 is 2.00 bits per heavy atom. The van der Waals surface area contributed by atoms with E-state index in [-0.39, 0.29) is 0 Å². The number of benzene rings is 2. The van der Waals surface area contributed by atoms with Crippen LogP contribution < -0.4 is 9.47 Å². The minimum atomic E-state index is 0.560. The monoisotopic (exact) mass is 336 g/mol. The molecule has 2 aromatic carbocycles. The van der Waals surface area contributed by atoms with Gasteiger partial charge in [0.1, 0.15) is 12.4 Å². The average Bonchev–Trinajstić information content (AvgIpc) is 3.01. The van der Waals surface area contributed by atoms with E-state index in [4.69, 9.17) is 14.5 Å². The van der Waals surface area contributed by atoms with Crippen LogP contribution >= 0.6 is 0 Å². The lowest BCUT2D eigenvalue weighted by molar-refractivity contribution is 0.279. The Balaban J connectivity index is 1.74. The molecule has 0 spiro atoms. The van der Waals surface area contributed by atoms with E-state index >= 15 is 0 Å². The third-order valence-corrected chi connectivity index (χ3v) is 4.23. The smallest absolute Gasteiger partial charge is 0.161 e. The Morgan fingerprint density at radius 3 is 2.76 bits per heavy atom. The van der Waals surface area contributed by atoms with E-state index in [2.05, 4.69) is 24.1 Å². The Morgan fingerprint density at radius 1 is 1.16 bits per heavy atom. The van der Waals surface area contributed by atoms with Gasteiger partial charge in [-0.2, -0.15) is 0 Å². The molecule has 0 N–H and O–H groups in total. The second-order valence-corrected chi connectivity index (χ2v) is 5.85. The molecule has 25 heavy (non-hydrogen) atoms. The number of aryl methyl sites for hydroxylation is 1. The number of aromatic nitrogens is 2. The molecular formula is C21H24N2O2. The van der Waals surface area contributed by atoms with Gasteiger partial charge in [-0.1, -0.05) is 31.2 Å². The zero-order chi connectivity index (χ0) is 17.6. The van der Waals surface area contributed by atoms with E-state index in [1.54, 1.807) is 7.11 Å². The summed E-state index contributed by atoms with van der Waals surface area (Å²) in [5.74, 6) is 2.60. The van der Waals surface area contributed by atoms with Crippen molar-refractivity contribution in [3.05, 3.63) is 66.5 Å². The van der Waals surface area contributed by atoms with Gasteiger partial charge in [-0.25, -0.2) is 4.98 Å². The molecule has 0 bridgehead atoms. The fraction of sp³-hybridized carbons (Fsp3) is 0.286. The molecule has 4 heteroatoms. The number of allylic oxidation sites excluding steroid dienone is 1. The number of hydrogen-bond donors (Lipinski definition) is 0. The highest BCUT2D eigenvalue weighted by Gasteiger charge is 2.10. The molecule has 3 rings (SSSR count). The summed E-state index contributed by atoms with van der Waals surface area (Å²) in [6.45, 7) is 7.21. The molecule has 0 saturated heterocycles. The van der Waals surface area contributed by atoms with E-state index in [1.165, 1.54) is 0 Å². The van der Waals surface area contributed by atoms with Crippen molar-refractivity contribution in [1.29, 1.82) is 0 Å². The van der Waals surface area contributed by atoms with Crippen molar-refractivity contribution in [2.75, 3.05) is 13.7 Å². The van der Waals surface area contributed by atoms with Crippen molar-refractivity contribution in [3.63, 3.8) is 0 Å². The first kappa shape index (κ1) is 17.1. The standard InChI is InChI=1S/C21H24N2O2/c1-4-8-16-11-12-19(20(15-16)24-3)25-14-13-23-18-10-7-6-9-17(18)22-21(23)5-2/h4,6-7,9-12,15H,1,5,8,13-14H2,2-3H3. The lowest BCUT2D eigenvalue weighted by atomic mass is 10.1. The summed E-state index contributed by atoms with van der Waals surface area (Å²) in [6, 6.07) is 14.2. The van der Waals surface area contributed by atoms with Crippen LogP contribution in [0, 0.1) is 0 Å². The molecule has 0 saturated carbocycles. The highest BCUT2D eigenvalue weighted by Crippen LogP contribution is 2.28. The SMILES string of the molecule is C=CCc1ccc(OCCn2c(CC)nc3ccccc32)c(OC)c1. The number of ether oxygens (including phenoxy) is 2. The Labute approximate surface area is 148 Å². The van der Waals surface area contributed by atoms with Crippen LogP contribution in [0.25, 0.3) is 11.0 Å². The summed E-state index contributed by atoms with van der Waals surface area (Å²) >= 11 is 0. The zero-order valence-corrected chi connectivity index (χ0v) is 14.9. The van der Waals surface area contributed by atoms with Gasteiger partial charge in [0.05, 0.1) is 24.7 Å². The third kappa shape index (κ3) is 3.68. The first-order valence-electron chi connectivity index (χ1n) is 8.61. The number of rotatable bonds is 8. The van der Waals surface area contributed by atoms with Gasteiger partial charge in [-0.05, 0) is 36.2 Å². The van der Waals surface area contributed by atoms with E-state index < -0.39 is 0 Å². The van der Waals surface area contributed by atoms with Gasteiger partial charge in [0.15, 0.2) is 11.5 Å². The second-order valence-electron chi connectivity index (χ2n) is 5.85. The predicted molar refractivity (Wildman–Crippen MR) is 102 cm³/mol. The van der Waals surface area contributed by atoms with E-state index in [0.29, 0.717) is 6.61 Å². The fourth-order valence-corrected chi connectivity index (χ4v) is 3.02. The third-order valence-electron chi connectivity index (χ3n) is 4.23. The Hall–Kier alpha value is -2.75. The van der Waals surface area contributed by atoms with Gasteiger partial charge < -0.3 is 14.0 Å². The number of methoxy groups -OCH3 is 1.